The minimum Gasteiger partial charge on any atom is -0.465 e. The van der Waals surface area contributed by atoms with Crippen LogP contribution in [0.3, 0.4) is 0 Å². The zero-order valence-electron chi connectivity index (χ0n) is 18.8. The molecule has 2 unspecified atom stereocenters. The quantitative estimate of drug-likeness (QED) is 0.494. The number of rotatable bonds is 3. The number of carbonyl (C=O) groups is 3. The second-order valence-electron chi connectivity index (χ2n) is 9.75. The van der Waals surface area contributed by atoms with Crippen LogP contribution in [-0.4, -0.2) is 63.7 Å². The molecule has 2 aliphatic heterocycles. The van der Waals surface area contributed by atoms with E-state index in [9.17, 15) is 24.7 Å². The molecule has 1 aromatic carbocycles. The Hall–Kier alpha value is -2.87. The topological polar surface area (TPSA) is 110 Å². The maximum absolute atomic E-state index is 13.5. The van der Waals surface area contributed by atoms with E-state index in [1.807, 2.05) is 13.0 Å². The summed E-state index contributed by atoms with van der Waals surface area (Å²) in [7, 11) is 0. The number of amides is 3. The van der Waals surface area contributed by atoms with Gasteiger partial charge in [0.2, 0.25) is 11.8 Å². The molecule has 8 nitrogen and oxygen atoms in total. The first-order valence-electron chi connectivity index (χ1n) is 11.2. The van der Waals surface area contributed by atoms with Crippen molar-refractivity contribution in [3.63, 3.8) is 0 Å². The van der Waals surface area contributed by atoms with Gasteiger partial charge in [0, 0.05) is 19.6 Å². The van der Waals surface area contributed by atoms with Crippen molar-refractivity contribution >= 4 is 23.5 Å². The van der Waals surface area contributed by atoms with Gasteiger partial charge in [-0.25, -0.2) is 10.3 Å². The van der Waals surface area contributed by atoms with Crippen LogP contribution >= 0.6 is 0 Å². The van der Waals surface area contributed by atoms with E-state index in [0.29, 0.717) is 25.9 Å². The molecule has 0 radical (unpaired) electrons. The molecule has 2 heterocycles. The van der Waals surface area contributed by atoms with Gasteiger partial charge in [-0.05, 0) is 55.6 Å². The lowest BCUT2D eigenvalue weighted by atomic mass is 9.78. The predicted octanol–water partition coefficient (Wildman–Crippen LogP) is 2.82. The summed E-state index contributed by atoms with van der Waals surface area (Å²) in [5.41, 5.74) is 6.04. The molecule has 8 heteroatoms. The summed E-state index contributed by atoms with van der Waals surface area (Å²) in [5.74, 6) is -1.70. The van der Waals surface area contributed by atoms with Gasteiger partial charge in [-0.15, -0.1) is 0 Å². The van der Waals surface area contributed by atoms with Crippen molar-refractivity contribution in [2.75, 3.05) is 19.6 Å². The van der Waals surface area contributed by atoms with Gasteiger partial charge in [-0.1, -0.05) is 42.3 Å². The maximum atomic E-state index is 13.5. The van der Waals surface area contributed by atoms with Crippen molar-refractivity contribution in [1.29, 1.82) is 0 Å². The molecule has 0 aromatic heterocycles. The summed E-state index contributed by atoms with van der Waals surface area (Å²) in [5, 5.41) is 19.2. The van der Waals surface area contributed by atoms with Gasteiger partial charge in [0.15, 0.2) is 0 Å². The molecule has 1 saturated heterocycles. The number of nitrogens with zero attached hydrogens (tertiary/aromatic N) is 2. The predicted molar refractivity (Wildman–Crippen MR) is 118 cm³/mol. The minimum absolute atomic E-state index is 0.243. The van der Waals surface area contributed by atoms with Gasteiger partial charge in [0.25, 0.3) is 0 Å². The molecule has 32 heavy (non-hydrogen) atoms. The normalized spacial score (nSPS) is 29.5. The van der Waals surface area contributed by atoms with Gasteiger partial charge >= 0.3 is 6.09 Å². The second-order valence-corrected chi connectivity index (χ2v) is 9.75. The number of likely N-dealkylation sites (tertiary alicyclic amines) is 1. The number of carboxylic acid groups (broad SMARTS) is 1. The molecule has 3 N–H and O–H groups in total. The third-order valence-electron chi connectivity index (χ3n) is 7.49. The number of nitrogens with one attached hydrogen (secondary N) is 1. The van der Waals surface area contributed by atoms with Gasteiger partial charge in [0.1, 0.15) is 6.04 Å². The number of carbonyl (C=O) groups excluding carboxylic acids is 2. The summed E-state index contributed by atoms with van der Waals surface area (Å²) < 4.78 is 0. The third kappa shape index (κ3) is 3.99. The summed E-state index contributed by atoms with van der Waals surface area (Å²) in [6.45, 7) is 7.20. The minimum atomic E-state index is -1.21. The Morgan fingerprint density at radius 3 is 2.28 bits per heavy atom. The highest BCUT2D eigenvalue weighted by Gasteiger charge is 2.61. The van der Waals surface area contributed by atoms with Crippen LogP contribution in [0.2, 0.25) is 0 Å². The molecule has 1 saturated carbocycles. The lowest BCUT2D eigenvalue weighted by molar-refractivity contribution is -0.150. The Labute approximate surface area is 187 Å². The number of hydrogen-bond acceptors (Lipinski definition) is 4. The standard InChI is InChI=1S/C24H31N3O5/c1-14-8-15(2)10-18(9-14)17-4-6-26(7-5-17)22(29)20-19(21(28)25-32)12-24(11-16(24)3)13-27(20)23(30)31/h4,8-10,16,19-20,32H,5-7,11-13H2,1-3H3,(H,25,28)(H,30,31)/t16?,19-,20-,24?/m0/s1. The molecule has 1 aliphatic carbocycles. The number of hydroxylamine groups is 1. The maximum Gasteiger partial charge on any atom is 0.408 e. The molecule has 3 amide bonds. The lowest BCUT2D eigenvalue weighted by Crippen LogP contribution is -2.62. The monoisotopic (exact) mass is 441 g/mol. The summed E-state index contributed by atoms with van der Waals surface area (Å²) in [6.07, 6.45) is 2.68. The third-order valence-corrected chi connectivity index (χ3v) is 7.49. The van der Waals surface area contributed by atoms with E-state index < -0.39 is 24.0 Å². The van der Waals surface area contributed by atoms with Crippen molar-refractivity contribution in [2.45, 2.75) is 46.1 Å². The van der Waals surface area contributed by atoms with Crippen molar-refractivity contribution < 1.29 is 24.7 Å². The molecule has 4 atom stereocenters. The van der Waals surface area contributed by atoms with Crippen LogP contribution in [0.25, 0.3) is 5.57 Å². The first-order chi connectivity index (χ1) is 15.1. The Morgan fingerprint density at radius 1 is 1.12 bits per heavy atom. The van der Waals surface area contributed by atoms with Crippen molar-refractivity contribution in [3.05, 3.63) is 41.0 Å². The van der Waals surface area contributed by atoms with Crippen LogP contribution < -0.4 is 5.48 Å². The van der Waals surface area contributed by atoms with E-state index >= 15 is 0 Å². The highest BCUT2D eigenvalue weighted by atomic mass is 16.5. The molecule has 0 bridgehead atoms. The summed E-state index contributed by atoms with van der Waals surface area (Å²) in [6, 6.07) is 5.24. The van der Waals surface area contributed by atoms with Gasteiger partial charge in [0.05, 0.1) is 5.92 Å². The van der Waals surface area contributed by atoms with E-state index in [0.717, 1.165) is 22.5 Å². The Morgan fingerprint density at radius 2 is 1.78 bits per heavy atom. The van der Waals surface area contributed by atoms with Crippen LogP contribution in [0.1, 0.15) is 42.9 Å². The van der Waals surface area contributed by atoms with E-state index in [4.69, 9.17) is 0 Å². The lowest BCUT2D eigenvalue weighted by Gasteiger charge is -2.44. The molecular formula is C24H31N3O5. The first-order valence-corrected chi connectivity index (χ1v) is 11.2. The fourth-order valence-electron chi connectivity index (χ4n) is 5.61. The van der Waals surface area contributed by atoms with Gasteiger partial charge < -0.3 is 10.0 Å². The number of benzene rings is 1. The zero-order valence-corrected chi connectivity index (χ0v) is 18.8. The highest BCUT2D eigenvalue weighted by Crippen LogP contribution is 2.59. The van der Waals surface area contributed by atoms with Crippen LogP contribution in [0.5, 0.6) is 0 Å². The Bertz CT molecular complexity index is 970. The molecule has 1 spiro atoms. The van der Waals surface area contributed by atoms with E-state index in [2.05, 4.69) is 32.0 Å². The van der Waals surface area contributed by atoms with Crippen LogP contribution in [0.4, 0.5) is 4.79 Å². The largest absolute Gasteiger partial charge is 0.465 e. The highest BCUT2D eigenvalue weighted by molar-refractivity contribution is 5.93. The average Bonchev–Trinajstić information content (AvgIpc) is 3.38. The Kier molecular flexibility index (Phi) is 5.75. The van der Waals surface area contributed by atoms with E-state index in [1.54, 1.807) is 10.4 Å². The molecule has 3 aliphatic rings. The number of piperidine rings is 1. The summed E-state index contributed by atoms with van der Waals surface area (Å²) >= 11 is 0. The van der Waals surface area contributed by atoms with Crippen molar-refractivity contribution in [2.24, 2.45) is 17.3 Å². The van der Waals surface area contributed by atoms with Crippen molar-refractivity contribution in [3.8, 4) is 0 Å². The van der Waals surface area contributed by atoms with E-state index in [1.165, 1.54) is 11.1 Å². The SMILES string of the molecule is Cc1cc(C)cc(C2=CCN(C(=O)[C@@H]3[C@@H](C(=O)NO)CC4(CC4C)CN3C(=O)O)CC2)c1. The molecule has 4 rings (SSSR count). The average molecular weight is 442 g/mol. The number of hydrogen-bond donors (Lipinski definition) is 3. The van der Waals surface area contributed by atoms with Crippen molar-refractivity contribution in [1.82, 2.24) is 15.3 Å². The smallest absolute Gasteiger partial charge is 0.408 e. The van der Waals surface area contributed by atoms with Crippen LogP contribution in [0, 0.1) is 31.1 Å². The molecular weight excluding hydrogens is 410 g/mol. The fourth-order valence-corrected chi connectivity index (χ4v) is 5.61. The van der Waals surface area contributed by atoms with Gasteiger partial charge in [-0.2, -0.15) is 0 Å². The second kappa shape index (κ2) is 8.24. The molecule has 2 fully saturated rings. The zero-order chi connectivity index (χ0) is 23.2. The fraction of sp³-hybridized carbons (Fsp3) is 0.542. The number of aryl methyl sites for hydroxylation is 2. The van der Waals surface area contributed by atoms with Crippen LogP contribution in [0.15, 0.2) is 24.3 Å². The Balaban J connectivity index is 1.57. The molecule has 172 valence electrons. The summed E-state index contributed by atoms with van der Waals surface area (Å²) in [4.78, 5) is 40.8. The van der Waals surface area contributed by atoms with Gasteiger partial charge in [-0.3, -0.25) is 19.7 Å². The van der Waals surface area contributed by atoms with E-state index in [-0.39, 0.29) is 23.8 Å². The first kappa shape index (κ1) is 22.3. The van der Waals surface area contributed by atoms with Crippen LogP contribution in [-0.2, 0) is 9.59 Å². The molecule has 1 aromatic rings.